The van der Waals surface area contributed by atoms with Gasteiger partial charge in [0.25, 0.3) is 0 Å². The van der Waals surface area contributed by atoms with Crippen LogP contribution in [0.5, 0.6) is 0 Å². The summed E-state index contributed by atoms with van der Waals surface area (Å²) >= 11 is 0. The highest BCUT2D eigenvalue weighted by Crippen LogP contribution is 2.25. The first kappa shape index (κ1) is 18.9. The van der Waals surface area contributed by atoms with Crippen LogP contribution in [-0.4, -0.2) is 31.8 Å². The first-order valence-corrected chi connectivity index (χ1v) is 10.1. The molecule has 0 fully saturated rings. The van der Waals surface area contributed by atoms with Gasteiger partial charge in [0.2, 0.25) is 0 Å². The molecule has 3 rings (SSSR count). The molecule has 4 N–H and O–H groups in total. The van der Waals surface area contributed by atoms with Crippen LogP contribution >= 0.6 is 0 Å². The zero-order chi connectivity index (χ0) is 18.9. The van der Waals surface area contributed by atoms with E-state index in [4.69, 9.17) is 10.4 Å². The van der Waals surface area contributed by atoms with E-state index < -0.39 is 23.1 Å². The SMILES string of the molecule is CC(O)CCc1cc(N)ccc1S(=O)(=O)Cc1ccc2c(c1)B(O)OC2. The van der Waals surface area contributed by atoms with E-state index in [0.29, 0.717) is 41.7 Å². The molecule has 8 heteroatoms. The van der Waals surface area contributed by atoms with Crippen LogP contribution in [0.2, 0.25) is 0 Å². The topological polar surface area (TPSA) is 110 Å². The molecule has 0 saturated heterocycles. The largest absolute Gasteiger partial charge is 0.491 e. The molecule has 1 aliphatic heterocycles. The van der Waals surface area contributed by atoms with Crippen LogP contribution in [0.3, 0.4) is 0 Å². The van der Waals surface area contributed by atoms with E-state index in [0.717, 1.165) is 5.56 Å². The van der Waals surface area contributed by atoms with Crippen molar-refractivity contribution in [1.29, 1.82) is 0 Å². The molecule has 26 heavy (non-hydrogen) atoms. The number of anilines is 1. The number of sulfone groups is 1. The van der Waals surface area contributed by atoms with Gasteiger partial charge >= 0.3 is 7.12 Å². The number of hydrogen-bond acceptors (Lipinski definition) is 6. The van der Waals surface area contributed by atoms with Crippen molar-refractivity contribution in [3.8, 4) is 0 Å². The minimum atomic E-state index is -3.60. The third kappa shape index (κ3) is 4.10. The Labute approximate surface area is 153 Å². The predicted molar refractivity (Wildman–Crippen MR) is 101 cm³/mol. The van der Waals surface area contributed by atoms with Crippen LogP contribution in [0, 0.1) is 0 Å². The molecule has 1 aliphatic rings. The monoisotopic (exact) mass is 375 g/mol. The highest BCUT2D eigenvalue weighted by atomic mass is 32.2. The number of fused-ring (bicyclic) bond motifs is 1. The number of nitrogen functional groups attached to an aromatic ring is 1. The minimum Gasteiger partial charge on any atom is -0.423 e. The van der Waals surface area contributed by atoms with Gasteiger partial charge in [-0.25, -0.2) is 8.42 Å². The van der Waals surface area contributed by atoms with Crippen molar-refractivity contribution in [2.45, 2.75) is 43.1 Å². The van der Waals surface area contributed by atoms with Gasteiger partial charge in [0.1, 0.15) is 0 Å². The Morgan fingerprint density at radius 2 is 2.04 bits per heavy atom. The van der Waals surface area contributed by atoms with E-state index in [-0.39, 0.29) is 10.6 Å². The van der Waals surface area contributed by atoms with Gasteiger partial charge in [-0.3, -0.25) is 0 Å². The fourth-order valence-electron chi connectivity index (χ4n) is 3.11. The second kappa shape index (κ2) is 7.40. The summed E-state index contributed by atoms with van der Waals surface area (Å²) in [5, 5.41) is 19.3. The van der Waals surface area contributed by atoms with Crippen LogP contribution < -0.4 is 11.2 Å². The molecule has 6 nitrogen and oxygen atoms in total. The summed E-state index contributed by atoms with van der Waals surface area (Å²) in [4.78, 5) is 0.227. The Morgan fingerprint density at radius 3 is 2.77 bits per heavy atom. The Kier molecular flexibility index (Phi) is 5.38. The fourth-order valence-corrected chi connectivity index (χ4v) is 4.72. The van der Waals surface area contributed by atoms with Crippen molar-refractivity contribution in [2.75, 3.05) is 5.73 Å². The number of rotatable bonds is 6. The second-order valence-electron chi connectivity index (χ2n) is 6.71. The van der Waals surface area contributed by atoms with Crippen LogP contribution in [-0.2, 0) is 33.3 Å². The number of hydrogen-bond donors (Lipinski definition) is 3. The van der Waals surface area contributed by atoms with Gasteiger partial charge in [-0.2, -0.15) is 0 Å². The average Bonchev–Trinajstić information content (AvgIpc) is 2.93. The third-order valence-electron chi connectivity index (χ3n) is 4.48. The Morgan fingerprint density at radius 1 is 1.27 bits per heavy atom. The summed E-state index contributed by atoms with van der Waals surface area (Å²) in [5.74, 6) is -0.182. The number of benzene rings is 2. The Bertz CT molecular complexity index is 914. The second-order valence-corrected chi connectivity index (χ2v) is 8.67. The maximum atomic E-state index is 13.0. The van der Waals surface area contributed by atoms with E-state index in [9.17, 15) is 18.5 Å². The lowest BCUT2D eigenvalue weighted by Gasteiger charge is -2.13. The van der Waals surface area contributed by atoms with Gasteiger partial charge < -0.3 is 20.5 Å². The van der Waals surface area contributed by atoms with Crippen molar-refractivity contribution in [3.05, 3.63) is 53.1 Å². The predicted octanol–water partition coefficient (Wildman–Crippen LogP) is 0.774. The lowest BCUT2D eigenvalue weighted by Crippen LogP contribution is -2.28. The number of aryl methyl sites for hydroxylation is 1. The van der Waals surface area contributed by atoms with Crippen molar-refractivity contribution in [1.82, 2.24) is 0 Å². The highest BCUT2D eigenvalue weighted by molar-refractivity contribution is 7.90. The lowest BCUT2D eigenvalue weighted by atomic mass is 9.79. The van der Waals surface area contributed by atoms with Crippen LogP contribution in [0.15, 0.2) is 41.3 Å². The van der Waals surface area contributed by atoms with Gasteiger partial charge in [-0.15, -0.1) is 0 Å². The summed E-state index contributed by atoms with van der Waals surface area (Å²) in [6.07, 6.45) is 0.354. The smallest absolute Gasteiger partial charge is 0.423 e. The first-order valence-electron chi connectivity index (χ1n) is 8.47. The van der Waals surface area contributed by atoms with Gasteiger partial charge in [0.05, 0.1) is 23.4 Å². The Hall–Kier alpha value is -1.87. The van der Waals surface area contributed by atoms with E-state index in [2.05, 4.69) is 0 Å². The Balaban J connectivity index is 1.90. The van der Waals surface area contributed by atoms with Crippen molar-refractivity contribution < 1.29 is 23.2 Å². The molecule has 0 radical (unpaired) electrons. The van der Waals surface area contributed by atoms with Crippen molar-refractivity contribution >= 4 is 28.1 Å². The molecular weight excluding hydrogens is 353 g/mol. The first-order chi connectivity index (χ1) is 12.3. The molecule has 0 saturated carbocycles. The van der Waals surface area contributed by atoms with Crippen LogP contribution in [0.25, 0.3) is 0 Å². The van der Waals surface area contributed by atoms with Gasteiger partial charge in [0, 0.05) is 5.69 Å². The molecule has 0 amide bonds. The zero-order valence-corrected chi connectivity index (χ0v) is 15.4. The molecule has 0 aromatic heterocycles. The molecule has 1 unspecified atom stereocenters. The van der Waals surface area contributed by atoms with E-state index in [1.807, 2.05) is 0 Å². The number of nitrogens with two attached hydrogens (primary N) is 1. The van der Waals surface area contributed by atoms with Crippen molar-refractivity contribution in [2.24, 2.45) is 0 Å². The van der Waals surface area contributed by atoms with E-state index in [1.54, 1.807) is 37.3 Å². The zero-order valence-electron chi connectivity index (χ0n) is 14.6. The minimum absolute atomic E-state index is 0.182. The number of aliphatic hydroxyl groups is 1. The maximum Gasteiger partial charge on any atom is 0.491 e. The quantitative estimate of drug-likeness (QED) is 0.508. The molecule has 1 atom stereocenters. The molecule has 138 valence electrons. The fraction of sp³-hybridized carbons (Fsp3) is 0.333. The normalized spacial score (nSPS) is 15.1. The molecule has 0 spiro atoms. The molecule has 2 aromatic carbocycles. The van der Waals surface area contributed by atoms with Gasteiger partial charge in [-0.1, -0.05) is 18.2 Å². The lowest BCUT2D eigenvalue weighted by molar-refractivity contribution is 0.184. The number of aliphatic hydroxyl groups excluding tert-OH is 1. The standard InChI is InChI=1S/C18H22BNO5S/c1-12(21)2-4-14-9-16(20)6-7-18(14)26(23,24)11-13-3-5-15-10-25-19(22)17(15)8-13/h3,5-9,12,21-22H,2,4,10-11,20H2,1H3. The van der Waals surface area contributed by atoms with Crippen LogP contribution in [0.4, 0.5) is 5.69 Å². The molecule has 1 heterocycles. The maximum absolute atomic E-state index is 13.0. The van der Waals surface area contributed by atoms with Crippen molar-refractivity contribution in [3.63, 3.8) is 0 Å². The summed E-state index contributed by atoms with van der Waals surface area (Å²) in [6, 6.07) is 9.94. The van der Waals surface area contributed by atoms with Gasteiger partial charge in [0.15, 0.2) is 9.84 Å². The third-order valence-corrected chi connectivity index (χ3v) is 6.26. The highest BCUT2D eigenvalue weighted by Gasteiger charge is 2.28. The van der Waals surface area contributed by atoms with Crippen LogP contribution in [0.1, 0.15) is 30.0 Å². The average molecular weight is 375 g/mol. The van der Waals surface area contributed by atoms with E-state index in [1.165, 1.54) is 6.07 Å². The summed E-state index contributed by atoms with van der Waals surface area (Å²) in [6.45, 7) is 1.99. The van der Waals surface area contributed by atoms with E-state index >= 15 is 0 Å². The molecule has 0 bridgehead atoms. The summed E-state index contributed by atoms with van der Waals surface area (Å²) < 4.78 is 31.1. The molecule has 0 aliphatic carbocycles. The molecule has 2 aromatic rings. The molecular formula is C18H22BNO5S. The summed E-state index contributed by atoms with van der Waals surface area (Å²) in [7, 11) is -4.61. The summed E-state index contributed by atoms with van der Waals surface area (Å²) in [5.41, 5.74) is 8.97. The van der Waals surface area contributed by atoms with Gasteiger partial charge in [-0.05, 0) is 60.1 Å².